The van der Waals surface area contributed by atoms with E-state index in [1.807, 2.05) is 19.3 Å². The van der Waals surface area contributed by atoms with Crippen LogP contribution >= 0.6 is 0 Å². The molecule has 1 fully saturated rings. The highest BCUT2D eigenvalue weighted by molar-refractivity contribution is 6.00. The Morgan fingerprint density at radius 3 is 2.49 bits per heavy atom. The van der Waals surface area contributed by atoms with Crippen molar-refractivity contribution < 1.29 is 9.13 Å². The average Bonchev–Trinajstić information content (AvgIpc) is 2.81. The zero-order valence-corrected chi connectivity index (χ0v) is 22.8. The standard InChI is InChI=1S/C30H42FN3O/c1-9-11-25(15-26(18-32-7)34-19-22(4)20-34)33-17-24(6)27(13-12-21(3)10-2)28-16-30(35-8)29(31)14-23(28)5/h12-18,22H,9-11,19-20H2,1-8H3/b21-12-,24-17+,26-15+,27-13-,32-18-,33-25+. The molecule has 1 aromatic rings. The lowest BCUT2D eigenvalue weighted by atomic mass is 9.94. The second kappa shape index (κ2) is 13.8. The molecular weight excluding hydrogens is 437 g/mol. The van der Waals surface area contributed by atoms with Gasteiger partial charge in [0.15, 0.2) is 11.6 Å². The first-order valence-corrected chi connectivity index (χ1v) is 12.6. The SMILES string of the molecule is CCCC(/C=C(\C=N/C)N1CC(C)C1)=N\C=C(C)\C(=C\C=C(\C)CC)c1cc(OC)c(F)cc1C. The Bertz CT molecular complexity index is 1050. The summed E-state index contributed by atoms with van der Waals surface area (Å²) in [5.74, 6) is 0.598. The van der Waals surface area contributed by atoms with Crippen molar-refractivity contribution in [3.8, 4) is 5.75 Å². The van der Waals surface area contributed by atoms with E-state index in [0.29, 0.717) is 5.92 Å². The van der Waals surface area contributed by atoms with E-state index in [-0.39, 0.29) is 11.6 Å². The van der Waals surface area contributed by atoms with Crippen molar-refractivity contribution in [3.05, 3.63) is 70.3 Å². The van der Waals surface area contributed by atoms with Gasteiger partial charge in [-0.25, -0.2) is 4.39 Å². The summed E-state index contributed by atoms with van der Waals surface area (Å²) >= 11 is 0. The van der Waals surface area contributed by atoms with Crippen LogP contribution in [0.15, 0.2) is 63.4 Å². The maximum atomic E-state index is 14.3. The van der Waals surface area contributed by atoms with Crippen molar-refractivity contribution >= 4 is 17.5 Å². The van der Waals surface area contributed by atoms with E-state index in [0.717, 1.165) is 66.0 Å². The zero-order chi connectivity index (χ0) is 26.0. The van der Waals surface area contributed by atoms with Gasteiger partial charge in [-0.15, -0.1) is 0 Å². The van der Waals surface area contributed by atoms with Gasteiger partial charge in [0.2, 0.25) is 0 Å². The third-order valence-electron chi connectivity index (χ3n) is 6.24. The van der Waals surface area contributed by atoms with Gasteiger partial charge in [-0.2, -0.15) is 0 Å². The van der Waals surface area contributed by atoms with Gasteiger partial charge < -0.3 is 9.64 Å². The minimum atomic E-state index is -0.353. The molecule has 35 heavy (non-hydrogen) atoms. The van der Waals surface area contributed by atoms with Crippen LogP contribution in [0.1, 0.15) is 65.0 Å². The number of methoxy groups -OCH3 is 1. The summed E-state index contributed by atoms with van der Waals surface area (Å²) in [4.78, 5) is 11.5. The lowest BCUT2D eigenvalue weighted by Gasteiger charge is -2.39. The first-order valence-electron chi connectivity index (χ1n) is 12.6. The number of aliphatic imine (C=N–C) groups is 2. The maximum absolute atomic E-state index is 14.3. The highest BCUT2D eigenvalue weighted by Crippen LogP contribution is 2.31. The van der Waals surface area contributed by atoms with E-state index in [4.69, 9.17) is 9.73 Å². The highest BCUT2D eigenvalue weighted by atomic mass is 19.1. The van der Waals surface area contributed by atoms with E-state index in [2.05, 4.69) is 62.7 Å². The molecule has 1 heterocycles. The van der Waals surface area contributed by atoms with Gasteiger partial charge in [0.1, 0.15) is 0 Å². The zero-order valence-electron chi connectivity index (χ0n) is 22.8. The molecule has 190 valence electrons. The van der Waals surface area contributed by atoms with Gasteiger partial charge in [-0.1, -0.05) is 44.9 Å². The quantitative estimate of drug-likeness (QED) is 0.242. The molecule has 1 aliphatic rings. The first kappa shape index (κ1) is 28.3. The van der Waals surface area contributed by atoms with Crippen LogP contribution in [-0.4, -0.2) is 44.1 Å². The van der Waals surface area contributed by atoms with Crippen LogP contribution in [0.4, 0.5) is 4.39 Å². The molecular formula is C30H42FN3O. The van der Waals surface area contributed by atoms with E-state index in [1.54, 1.807) is 13.1 Å². The summed E-state index contributed by atoms with van der Waals surface area (Å²) in [6, 6.07) is 3.31. The lowest BCUT2D eigenvalue weighted by molar-refractivity contribution is 0.168. The number of likely N-dealkylation sites (tertiary alicyclic amines) is 1. The fourth-order valence-corrected chi connectivity index (χ4v) is 3.98. The van der Waals surface area contributed by atoms with Crippen LogP contribution in [0.2, 0.25) is 0 Å². The molecule has 5 heteroatoms. The topological polar surface area (TPSA) is 37.2 Å². The Balaban J connectivity index is 2.54. The number of ether oxygens (including phenoxy) is 1. The van der Waals surface area contributed by atoms with Crippen molar-refractivity contribution in [2.24, 2.45) is 15.9 Å². The van der Waals surface area contributed by atoms with Crippen LogP contribution in [0.5, 0.6) is 5.75 Å². The predicted molar refractivity (Wildman–Crippen MR) is 149 cm³/mol. The summed E-state index contributed by atoms with van der Waals surface area (Å²) in [6.45, 7) is 14.8. The fourth-order valence-electron chi connectivity index (χ4n) is 3.98. The van der Waals surface area contributed by atoms with Crippen LogP contribution in [-0.2, 0) is 0 Å². The third-order valence-corrected chi connectivity index (χ3v) is 6.24. The molecule has 0 bridgehead atoms. The second-order valence-corrected chi connectivity index (χ2v) is 9.40. The molecule has 0 aliphatic carbocycles. The van der Waals surface area contributed by atoms with Gasteiger partial charge >= 0.3 is 0 Å². The molecule has 1 aliphatic heterocycles. The fraction of sp³-hybridized carbons (Fsp3) is 0.467. The molecule has 0 saturated carbocycles. The average molecular weight is 480 g/mol. The predicted octanol–water partition coefficient (Wildman–Crippen LogP) is 7.56. The second-order valence-electron chi connectivity index (χ2n) is 9.40. The molecule has 0 aromatic heterocycles. The smallest absolute Gasteiger partial charge is 0.165 e. The Morgan fingerprint density at radius 1 is 1.20 bits per heavy atom. The van der Waals surface area contributed by atoms with Crippen LogP contribution in [0.3, 0.4) is 0 Å². The minimum Gasteiger partial charge on any atom is -0.494 e. The van der Waals surface area contributed by atoms with Crippen LogP contribution in [0, 0.1) is 18.7 Å². The van der Waals surface area contributed by atoms with Gasteiger partial charge in [0.25, 0.3) is 0 Å². The molecule has 1 aromatic carbocycles. The number of rotatable bonds is 11. The van der Waals surface area contributed by atoms with Gasteiger partial charge in [-0.05, 0) is 80.0 Å². The molecule has 0 amide bonds. The van der Waals surface area contributed by atoms with Gasteiger partial charge in [0.05, 0.1) is 12.8 Å². The minimum absolute atomic E-state index is 0.242. The number of hydrogen-bond donors (Lipinski definition) is 0. The van der Waals surface area contributed by atoms with E-state index in [9.17, 15) is 4.39 Å². The van der Waals surface area contributed by atoms with Crippen molar-refractivity contribution in [3.63, 3.8) is 0 Å². The number of nitrogens with zero attached hydrogens (tertiary/aromatic N) is 3. The lowest BCUT2D eigenvalue weighted by Crippen LogP contribution is -2.44. The van der Waals surface area contributed by atoms with E-state index < -0.39 is 0 Å². The van der Waals surface area contributed by atoms with E-state index in [1.165, 1.54) is 18.7 Å². The summed E-state index contributed by atoms with van der Waals surface area (Å²) in [5, 5.41) is 0. The number of hydrogen-bond acceptors (Lipinski definition) is 4. The molecule has 4 nitrogen and oxygen atoms in total. The van der Waals surface area contributed by atoms with Crippen molar-refractivity contribution in [2.75, 3.05) is 27.2 Å². The number of allylic oxidation sites excluding steroid dienone is 7. The molecule has 0 atom stereocenters. The molecule has 0 unspecified atom stereocenters. The van der Waals surface area contributed by atoms with E-state index >= 15 is 0 Å². The molecule has 0 spiro atoms. The summed E-state index contributed by atoms with van der Waals surface area (Å²) in [5.41, 5.74) is 7.21. The maximum Gasteiger partial charge on any atom is 0.165 e. The third kappa shape index (κ3) is 8.05. The van der Waals surface area contributed by atoms with Gasteiger partial charge in [-0.3, -0.25) is 9.98 Å². The number of benzene rings is 1. The number of aryl methyl sites for hydroxylation is 1. The first-order chi connectivity index (χ1) is 16.7. The summed E-state index contributed by atoms with van der Waals surface area (Å²) in [7, 11) is 3.30. The van der Waals surface area contributed by atoms with Crippen molar-refractivity contribution in [1.29, 1.82) is 0 Å². The van der Waals surface area contributed by atoms with Crippen molar-refractivity contribution in [1.82, 2.24) is 4.90 Å². The monoisotopic (exact) mass is 479 g/mol. The Labute approximate surface area is 211 Å². The summed E-state index contributed by atoms with van der Waals surface area (Å²) < 4.78 is 19.6. The normalized spacial score (nSPS) is 16.8. The molecule has 2 rings (SSSR count). The molecule has 1 saturated heterocycles. The van der Waals surface area contributed by atoms with Gasteiger partial charge in [0, 0.05) is 38.3 Å². The number of halogens is 1. The molecule has 0 N–H and O–H groups in total. The highest BCUT2D eigenvalue weighted by Gasteiger charge is 2.23. The summed E-state index contributed by atoms with van der Waals surface area (Å²) in [6.07, 6.45) is 13.1. The Hall–Kier alpha value is -2.95. The Kier molecular flexibility index (Phi) is 11.2. The van der Waals surface area contributed by atoms with Crippen molar-refractivity contribution in [2.45, 2.75) is 60.8 Å². The Morgan fingerprint density at radius 2 is 1.91 bits per heavy atom. The largest absolute Gasteiger partial charge is 0.494 e. The molecule has 0 radical (unpaired) electrons. The van der Waals surface area contributed by atoms with Crippen LogP contribution in [0.25, 0.3) is 5.57 Å². The van der Waals surface area contributed by atoms with Crippen LogP contribution < -0.4 is 4.74 Å².